The van der Waals surface area contributed by atoms with Gasteiger partial charge in [-0.05, 0) is 42.8 Å². The van der Waals surface area contributed by atoms with Crippen LogP contribution in [0.25, 0.3) is 0 Å². The van der Waals surface area contributed by atoms with E-state index in [-0.39, 0.29) is 5.91 Å². The van der Waals surface area contributed by atoms with Gasteiger partial charge in [-0.3, -0.25) is 14.7 Å². The normalized spacial score (nSPS) is 20.1. The Morgan fingerprint density at radius 1 is 0.931 bits per heavy atom. The van der Waals surface area contributed by atoms with Gasteiger partial charge in [0.15, 0.2) is 5.17 Å². The van der Waals surface area contributed by atoms with Crippen molar-refractivity contribution in [2.45, 2.75) is 38.1 Å². The lowest BCUT2D eigenvalue weighted by molar-refractivity contribution is -0.122. The van der Waals surface area contributed by atoms with E-state index in [0.717, 1.165) is 46.6 Å². The fraction of sp³-hybridized carbons (Fsp3) is 0.304. The standard InChI is InChI=1S/C23H25N3OS2/c1-3-5-15-26-21(27)20(29-23(26)24-16-17-11-7-6-8-12-17)22-25(4-2)18-13-9-10-14-19(18)28-22/h6-14H,3-5,15-16H2,1-2H3. The molecule has 6 heteroatoms. The molecule has 2 heterocycles. The van der Waals surface area contributed by atoms with E-state index in [1.165, 1.54) is 22.3 Å². The molecule has 4 rings (SSSR count). The first-order valence-electron chi connectivity index (χ1n) is 10.1. The number of para-hydroxylation sites is 1. The number of carbonyl (C=O) groups is 1. The highest BCUT2D eigenvalue weighted by molar-refractivity contribution is 8.19. The van der Waals surface area contributed by atoms with E-state index in [9.17, 15) is 4.79 Å². The maximum atomic E-state index is 13.4. The van der Waals surface area contributed by atoms with E-state index >= 15 is 0 Å². The molecular formula is C23H25N3OS2. The number of hydrogen-bond acceptors (Lipinski definition) is 5. The van der Waals surface area contributed by atoms with Crippen molar-refractivity contribution in [1.29, 1.82) is 0 Å². The van der Waals surface area contributed by atoms with Crippen LogP contribution in [0.2, 0.25) is 0 Å². The molecule has 2 aromatic carbocycles. The first-order valence-corrected chi connectivity index (χ1v) is 11.7. The number of amides is 1. The highest BCUT2D eigenvalue weighted by Gasteiger charge is 2.39. The highest BCUT2D eigenvalue weighted by Crippen LogP contribution is 2.50. The summed E-state index contributed by atoms with van der Waals surface area (Å²) in [6, 6.07) is 18.6. The van der Waals surface area contributed by atoms with Gasteiger partial charge >= 0.3 is 0 Å². The van der Waals surface area contributed by atoms with Crippen molar-refractivity contribution in [3.05, 3.63) is 70.1 Å². The topological polar surface area (TPSA) is 35.9 Å². The average molecular weight is 424 g/mol. The third-order valence-corrected chi connectivity index (χ3v) is 7.37. The predicted molar refractivity (Wildman–Crippen MR) is 124 cm³/mol. The Morgan fingerprint density at radius 3 is 2.45 bits per heavy atom. The number of hydrogen-bond donors (Lipinski definition) is 0. The molecule has 4 nitrogen and oxygen atoms in total. The molecule has 0 N–H and O–H groups in total. The summed E-state index contributed by atoms with van der Waals surface area (Å²) in [5.41, 5.74) is 2.34. The molecule has 0 radical (unpaired) electrons. The lowest BCUT2D eigenvalue weighted by Crippen LogP contribution is -2.31. The molecular weight excluding hydrogens is 398 g/mol. The van der Waals surface area contributed by atoms with Gasteiger partial charge in [0.25, 0.3) is 5.91 Å². The van der Waals surface area contributed by atoms with E-state index in [1.54, 1.807) is 11.8 Å². The molecule has 0 atom stereocenters. The molecule has 29 heavy (non-hydrogen) atoms. The first-order chi connectivity index (χ1) is 14.2. The molecule has 2 aliphatic heterocycles. The van der Waals surface area contributed by atoms with Crippen molar-refractivity contribution < 1.29 is 4.79 Å². The minimum Gasteiger partial charge on any atom is -0.334 e. The second kappa shape index (κ2) is 9.09. The lowest BCUT2D eigenvalue weighted by Gasteiger charge is -2.19. The minimum atomic E-state index is 0.0871. The second-order valence-electron chi connectivity index (χ2n) is 6.95. The van der Waals surface area contributed by atoms with E-state index in [1.807, 2.05) is 23.1 Å². The summed E-state index contributed by atoms with van der Waals surface area (Å²) in [6.45, 7) is 6.42. The lowest BCUT2D eigenvalue weighted by atomic mass is 10.2. The third kappa shape index (κ3) is 4.09. The molecule has 0 unspecified atom stereocenters. The van der Waals surface area contributed by atoms with Crippen LogP contribution < -0.4 is 4.90 Å². The maximum Gasteiger partial charge on any atom is 0.269 e. The molecule has 2 aliphatic rings. The summed E-state index contributed by atoms with van der Waals surface area (Å²) >= 11 is 3.22. The molecule has 1 fully saturated rings. The van der Waals surface area contributed by atoms with Gasteiger partial charge in [0, 0.05) is 18.0 Å². The molecule has 0 spiro atoms. The van der Waals surface area contributed by atoms with Crippen molar-refractivity contribution in [3.63, 3.8) is 0 Å². The molecule has 0 aliphatic carbocycles. The van der Waals surface area contributed by atoms with Gasteiger partial charge < -0.3 is 4.90 Å². The van der Waals surface area contributed by atoms with Crippen molar-refractivity contribution in [2.24, 2.45) is 4.99 Å². The fourth-order valence-electron chi connectivity index (χ4n) is 3.43. The van der Waals surface area contributed by atoms with Gasteiger partial charge in [-0.25, -0.2) is 0 Å². The number of rotatable bonds is 6. The van der Waals surface area contributed by atoms with Gasteiger partial charge in [0.2, 0.25) is 0 Å². The van der Waals surface area contributed by atoms with Crippen molar-refractivity contribution >= 4 is 40.3 Å². The smallest absolute Gasteiger partial charge is 0.269 e. The Morgan fingerprint density at radius 2 is 1.69 bits per heavy atom. The Balaban J connectivity index is 1.66. The van der Waals surface area contributed by atoms with Crippen LogP contribution in [0.5, 0.6) is 0 Å². The van der Waals surface area contributed by atoms with Crippen LogP contribution in [0, 0.1) is 0 Å². The largest absolute Gasteiger partial charge is 0.334 e. The number of thioether (sulfide) groups is 2. The number of carbonyl (C=O) groups excluding carboxylic acids is 1. The Bertz CT molecular complexity index is 956. The van der Waals surface area contributed by atoms with Gasteiger partial charge in [-0.15, -0.1) is 0 Å². The molecule has 1 amide bonds. The first kappa shape index (κ1) is 20.1. The zero-order valence-electron chi connectivity index (χ0n) is 16.8. The van der Waals surface area contributed by atoms with Gasteiger partial charge in [-0.1, -0.05) is 67.6 Å². The van der Waals surface area contributed by atoms with Gasteiger partial charge in [0.05, 0.1) is 12.2 Å². The zero-order valence-corrected chi connectivity index (χ0v) is 18.4. The van der Waals surface area contributed by atoms with E-state index < -0.39 is 0 Å². The molecule has 0 bridgehead atoms. The summed E-state index contributed by atoms with van der Waals surface area (Å²) < 4.78 is 0. The number of aliphatic imine (C=N–C) groups is 1. The molecule has 150 valence electrons. The molecule has 2 aromatic rings. The van der Waals surface area contributed by atoms with Crippen LogP contribution in [0.15, 0.2) is 74.4 Å². The zero-order chi connectivity index (χ0) is 20.2. The summed E-state index contributed by atoms with van der Waals surface area (Å²) in [4.78, 5) is 24.3. The van der Waals surface area contributed by atoms with Crippen LogP contribution in [-0.2, 0) is 11.3 Å². The van der Waals surface area contributed by atoms with E-state index in [4.69, 9.17) is 4.99 Å². The van der Waals surface area contributed by atoms with Crippen LogP contribution in [-0.4, -0.2) is 29.1 Å². The number of amidine groups is 1. The summed E-state index contributed by atoms with van der Waals surface area (Å²) in [6.07, 6.45) is 2.03. The van der Waals surface area contributed by atoms with Crippen molar-refractivity contribution in [3.8, 4) is 0 Å². The van der Waals surface area contributed by atoms with Gasteiger partial charge in [0.1, 0.15) is 9.93 Å². The number of anilines is 1. The molecule has 0 saturated carbocycles. The maximum absolute atomic E-state index is 13.4. The predicted octanol–water partition coefficient (Wildman–Crippen LogP) is 5.72. The van der Waals surface area contributed by atoms with Crippen LogP contribution >= 0.6 is 23.5 Å². The number of fused-ring (bicyclic) bond motifs is 1. The quantitative estimate of drug-likeness (QED) is 0.557. The van der Waals surface area contributed by atoms with Crippen LogP contribution in [0.4, 0.5) is 5.69 Å². The Hall–Kier alpha value is -2.18. The van der Waals surface area contributed by atoms with Crippen LogP contribution in [0.3, 0.4) is 0 Å². The number of unbranched alkanes of at least 4 members (excludes halogenated alkanes) is 1. The minimum absolute atomic E-state index is 0.0871. The number of benzene rings is 2. The Kier molecular flexibility index (Phi) is 6.31. The summed E-state index contributed by atoms with van der Waals surface area (Å²) in [5.74, 6) is 0.0871. The van der Waals surface area contributed by atoms with E-state index in [0.29, 0.717) is 6.54 Å². The Labute approximate surface area is 181 Å². The van der Waals surface area contributed by atoms with Crippen molar-refractivity contribution in [2.75, 3.05) is 18.0 Å². The number of nitrogens with zero attached hydrogens (tertiary/aromatic N) is 3. The molecule has 0 aromatic heterocycles. The third-order valence-electron chi connectivity index (χ3n) is 4.96. The monoisotopic (exact) mass is 423 g/mol. The second-order valence-corrected chi connectivity index (χ2v) is 8.95. The van der Waals surface area contributed by atoms with Gasteiger partial charge in [-0.2, -0.15) is 0 Å². The fourth-order valence-corrected chi connectivity index (χ4v) is 5.82. The SMILES string of the molecule is CCCCN1C(=O)C(=C2Sc3ccccc3N2CC)SC1=NCc1ccccc1. The van der Waals surface area contributed by atoms with Crippen molar-refractivity contribution in [1.82, 2.24) is 4.90 Å². The summed E-state index contributed by atoms with van der Waals surface area (Å²) in [7, 11) is 0. The summed E-state index contributed by atoms with van der Waals surface area (Å²) in [5, 5.41) is 1.86. The van der Waals surface area contributed by atoms with Crippen LogP contribution in [0.1, 0.15) is 32.3 Å². The highest BCUT2D eigenvalue weighted by atomic mass is 32.2. The average Bonchev–Trinajstić information content (AvgIpc) is 3.28. The van der Waals surface area contributed by atoms with E-state index in [2.05, 4.69) is 55.1 Å². The molecule has 1 saturated heterocycles.